The van der Waals surface area contributed by atoms with Crippen molar-refractivity contribution in [1.29, 1.82) is 0 Å². The summed E-state index contributed by atoms with van der Waals surface area (Å²) in [6.07, 6.45) is 3.01. The summed E-state index contributed by atoms with van der Waals surface area (Å²) in [4.78, 5) is 10.7. The van der Waals surface area contributed by atoms with Crippen LogP contribution in [0.5, 0.6) is 0 Å². The van der Waals surface area contributed by atoms with Crippen LogP contribution in [0.1, 0.15) is 39.0 Å². The minimum Gasteiger partial charge on any atom is -0.356 e. The molecule has 0 saturated heterocycles. The SMILES string of the molecule is CC(=O)NCC1CCC2(CC1)CC2(F)F. The molecule has 0 aliphatic heterocycles. The van der Waals surface area contributed by atoms with Gasteiger partial charge in [0.2, 0.25) is 5.91 Å². The molecule has 0 radical (unpaired) electrons. The Morgan fingerprint density at radius 1 is 1.40 bits per heavy atom. The van der Waals surface area contributed by atoms with Gasteiger partial charge in [-0.05, 0) is 31.6 Å². The van der Waals surface area contributed by atoms with Crippen LogP contribution in [0.25, 0.3) is 0 Å². The maximum Gasteiger partial charge on any atom is 0.254 e. The quantitative estimate of drug-likeness (QED) is 0.755. The molecule has 0 heterocycles. The summed E-state index contributed by atoms with van der Waals surface area (Å²) in [5.41, 5.74) is -0.653. The van der Waals surface area contributed by atoms with Crippen LogP contribution in [0.2, 0.25) is 0 Å². The number of hydrogen-bond donors (Lipinski definition) is 1. The topological polar surface area (TPSA) is 29.1 Å². The van der Waals surface area contributed by atoms with Gasteiger partial charge in [-0.3, -0.25) is 4.79 Å². The van der Waals surface area contributed by atoms with Crippen LogP contribution < -0.4 is 5.32 Å². The molecule has 0 bridgehead atoms. The van der Waals surface area contributed by atoms with Crippen LogP contribution in [0, 0.1) is 11.3 Å². The first-order valence-electron chi connectivity index (χ1n) is 5.57. The summed E-state index contributed by atoms with van der Waals surface area (Å²) in [5.74, 6) is -2.03. The third kappa shape index (κ3) is 1.99. The van der Waals surface area contributed by atoms with E-state index in [0.717, 1.165) is 12.8 Å². The van der Waals surface area contributed by atoms with Crippen molar-refractivity contribution in [2.75, 3.05) is 6.54 Å². The van der Waals surface area contributed by atoms with Crippen molar-refractivity contribution in [2.24, 2.45) is 11.3 Å². The molecule has 1 spiro atoms. The number of halogens is 2. The second-order valence-corrected chi connectivity index (χ2v) is 5.04. The van der Waals surface area contributed by atoms with Gasteiger partial charge in [-0.2, -0.15) is 0 Å². The Balaban J connectivity index is 1.76. The normalized spacial score (nSPS) is 37.7. The zero-order valence-corrected chi connectivity index (χ0v) is 8.98. The summed E-state index contributed by atoms with van der Waals surface area (Å²) >= 11 is 0. The van der Waals surface area contributed by atoms with Crippen LogP contribution in [0.4, 0.5) is 8.78 Å². The Bertz CT molecular complexity index is 270. The number of carbonyl (C=O) groups is 1. The molecule has 2 rings (SSSR count). The van der Waals surface area contributed by atoms with Crippen molar-refractivity contribution < 1.29 is 13.6 Å². The van der Waals surface area contributed by atoms with Crippen LogP contribution in [0.3, 0.4) is 0 Å². The van der Waals surface area contributed by atoms with Gasteiger partial charge in [0.15, 0.2) is 0 Å². The molecule has 1 N–H and O–H groups in total. The molecule has 1 amide bonds. The molecule has 0 aromatic carbocycles. The van der Waals surface area contributed by atoms with E-state index in [-0.39, 0.29) is 12.3 Å². The van der Waals surface area contributed by atoms with Crippen LogP contribution >= 0.6 is 0 Å². The van der Waals surface area contributed by atoms with E-state index in [1.807, 2.05) is 0 Å². The first-order valence-corrected chi connectivity index (χ1v) is 5.57. The molecule has 0 aromatic heterocycles. The van der Waals surface area contributed by atoms with E-state index in [1.54, 1.807) is 0 Å². The van der Waals surface area contributed by atoms with Gasteiger partial charge in [-0.25, -0.2) is 8.78 Å². The summed E-state index contributed by atoms with van der Waals surface area (Å²) in [6.45, 7) is 2.14. The molecule has 2 nitrogen and oxygen atoms in total. The first kappa shape index (κ1) is 10.8. The Morgan fingerprint density at radius 3 is 2.33 bits per heavy atom. The summed E-state index contributed by atoms with van der Waals surface area (Å²) in [5, 5.41) is 2.76. The van der Waals surface area contributed by atoms with Crippen molar-refractivity contribution in [3.63, 3.8) is 0 Å². The van der Waals surface area contributed by atoms with E-state index in [1.165, 1.54) is 6.92 Å². The average Bonchev–Trinajstić information content (AvgIpc) is 2.67. The molecule has 0 atom stereocenters. The fraction of sp³-hybridized carbons (Fsp3) is 0.909. The monoisotopic (exact) mass is 217 g/mol. The average molecular weight is 217 g/mol. The van der Waals surface area contributed by atoms with Gasteiger partial charge in [0.25, 0.3) is 5.92 Å². The number of rotatable bonds is 2. The number of amides is 1. The zero-order chi connectivity index (χ0) is 11.1. The van der Waals surface area contributed by atoms with Gasteiger partial charge >= 0.3 is 0 Å². The van der Waals surface area contributed by atoms with Crippen molar-refractivity contribution in [3.8, 4) is 0 Å². The number of nitrogens with one attached hydrogen (secondary N) is 1. The van der Waals surface area contributed by atoms with Crippen molar-refractivity contribution >= 4 is 5.91 Å². The van der Waals surface area contributed by atoms with E-state index in [9.17, 15) is 13.6 Å². The predicted octanol–water partition coefficient (Wildman–Crippen LogP) is 2.34. The van der Waals surface area contributed by atoms with Crippen molar-refractivity contribution in [2.45, 2.75) is 45.0 Å². The minimum atomic E-state index is -2.40. The van der Waals surface area contributed by atoms with Crippen molar-refractivity contribution in [3.05, 3.63) is 0 Å². The van der Waals surface area contributed by atoms with Crippen molar-refractivity contribution in [1.82, 2.24) is 5.32 Å². The molecule has 2 aliphatic carbocycles. The predicted molar refractivity (Wildman–Crippen MR) is 52.6 cm³/mol. The molecule has 15 heavy (non-hydrogen) atoms. The Labute approximate surface area is 88.4 Å². The second kappa shape index (κ2) is 3.42. The highest BCUT2D eigenvalue weighted by molar-refractivity contribution is 5.72. The summed E-state index contributed by atoms with van der Waals surface area (Å²) in [7, 11) is 0. The van der Waals surface area contributed by atoms with Gasteiger partial charge in [0, 0.05) is 25.3 Å². The standard InChI is InChI=1S/C11H17F2NO/c1-8(15)14-6-9-2-4-10(5-3-9)7-11(10,12)13/h9H,2-7H2,1H3,(H,14,15). The lowest BCUT2D eigenvalue weighted by Gasteiger charge is -2.28. The lowest BCUT2D eigenvalue weighted by atomic mass is 9.79. The summed E-state index contributed by atoms with van der Waals surface area (Å²) in [6, 6.07) is 0. The largest absolute Gasteiger partial charge is 0.356 e. The highest BCUT2D eigenvalue weighted by Gasteiger charge is 2.70. The van der Waals surface area contributed by atoms with Crippen LogP contribution in [0.15, 0.2) is 0 Å². The van der Waals surface area contributed by atoms with E-state index >= 15 is 0 Å². The summed E-state index contributed by atoms with van der Waals surface area (Å²) < 4.78 is 26.1. The fourth-order valence-corrected chi connectivity index (χ4v) is 2.65. The third-order valence-electron chi connectivity index (χ3n) is 3.91. The molecule has 2 aliphatic rings. The zero-order valence-electron chi connectivity index (χ0n) is 8.98. The molecular weight excluding hydrogens is 200 g/mol. The van der Waals surface area contributed by atoms with Gasteiger partial charge < -0.3 is 5.32 Å². The molecule has 2 fully saturated rings. The Morgan fingerprint density at radius 2 is 1.93 bits per heavy atom. The third-order valence-corrected chi connectivity index (χ3v) is 3.91. The van der Waals surface area contributed by atoms with Gasteiger partial charge in [0.1, 0.15) is 0 Å². The highest BCUT2D eigenvalue weighted by atomic mass is 19.3. The molecule has 0 unspecified atom stereocenters. The smallest absolute Gasteiger partial charge is 0.254 e. The van der Waals surface area contributed by atoms with E-state index < -0.39 is 11.3 Å². The molecule has 86 valence electrons. The van der Waals surface area contributed by atoms with Crippen LogP contribution in [-0.4, -0.2) is 18.4 Å². The maximum absolute atomic E-state index is 13.0. The Kier molecular flexibility index (Phi) is 2.47. The lowest BCUT2D eigenvalue weighted by molar-refractivity contribution is -0.119. The number of alkyl halides is 2. The van der Waals surface area contributed by atoms with Gasteiger partial charge in [0.05, 0.1) is 0 Å². The van der Waals surface area contributed by atoms with E-state index in [0.29, 0.717) is 25.3 Å². The van der Waals surface area contributed by atoms with Gasteiger partial charge in [-0.15, -0.1) is 0 Å². The van der Waals surface area contributed by atoms with Crippen LogP contribution in [-0.2, 0) is 4.79 Å². The number of carbonyl (C=O) groups excluding carboxylic acids is 1. The Hall–Kier alpha value is -0.670. The molecule has 4 heteroatoms. The van der Waals surface area contributed by atoms with E-state index in [4.69, 9.17) is 0 Å². The maximum atomic E-state index is 13.0. The van der Waals surface area contributed by atoms with E-state index in [2.05, 4.69) is 5.32 Å². The molecular formula is C11H17F2NO. The molecule has 2 saturated carbocycles. The minimum absolute atomic E-state index is 0.0351. The fourth-order valence-electron chi connectivity index (χ4n) is 2.65. The lowest BCUT2D eigenvalue weighted by Crippen LogP contribution is -2.31. The first-order chi connectivity index (χ1) is 6.95. The second-order valence-electron chi connectivity index (χ2n) is 5.04. The number of hydrogen-bond acceptors (Lipinski definition) is 1. The molecule has 0 aromatic rings. The van der Waals surface area contributed by atoms with Gasteiger partial charge in [-0.1, -0.05) is 0 Å². The highest BCUT2D eigenvalue weighted by Crippen LogP contribution is 2.67.